The molecule has 22 heavy (non-hydrogen) atoms. The summed E-state index contributed by atoms with van der Waals surface area (Å²) in [4.78, 5) is 12.4. The fraction of sp³-hybridized carbons (Fsp3) is 0.188. The molecule has 4 nitrogen and oxygen atoms in total. The second kappa shape index (κ2) is 6.89. The number of allylic oxidation sites excluding steroid dienone is 1. The quantitative estimate of drug-likeness (QED) is 0.912. The van der Waals surface area contributed by atoms with Gasteiger partial charge in [0.2, 0.25) is 10.0 Å². The highest BCUT2D eigenvalue weighted by Crippen LogP contribution is 2.26. The number of carbonyl (C=O) groups is 1. The van der Waals surface area contributed by atoms with Crippen LogP contribution in [0, 0.1) is 0 Å². The van der Waals surface area contributed by atoms with Crippen molar-refractivity contribution in [1.29, 1.82) is 0 Å². The summed E-state index contributed by atoms with van der Waals surface area (Å²) < 4.78 is 24.4. The third-order valence-corrected chi connectivity index (χ3v) is 4.53. The monoisotopic (exact) mass is 335 g/mol. The maximum atomic E-state index is 12.0. The summed E-state index contributed by atoms with van der Waals surface area (Å²) in [5.41, 5.74) is 1.89. The lowest BCUT2D eigenvalue weighted by Crippen LogP contribution is -2.29. The van der Waals surface area contributed by atoms with E-state index >= 15 is 0 Å². The van der Waals surface area contributed by atoms with Gasteiger partial charge in [-0.1, -0.05) is 49.4 Å². The second-order valence-electron chi connectivity index (χ2n) is 4.97. The predicted molar refractivity (Wildman–Crippen MR) is 90.5 cm³/mol. The molecule has 0 radical (unpaired) electrons. The van der Waals surface area contributed by atoms with Gasteiger partial charge in [-0.25, -0.2) is 13.1 Å². The summed E-state index contributed by atoms with van der Waals surface area (Å²) in [7, 11) is -3.56. The Morgan fingerprint density at radius 3 is 2.55 bits per heavy atom. The highest BCUT2D eigenvalue weighted by molar-refractivity contribution is 7.89. The number of sulfonamides is 1. The third kappa shape index (κ3) is 4.54. The van der Waals surface area contributed by atoms with Gasteiger partial charge in [-0.15, -0.1) is 11.3 Å². The number of nitrogens with one attached hydrogen (secondary N) is 1. The van der Waals surface area contributed by atoms with E-state index in [9.17, 15) is 13.2 Å². The molecule has 1 N–H and O–H groups in total. The molecule has 0 saturated heterocycles. The van der Waals surface area contributed by atoms with Gasteiger partial charge in [-0.2, -0.15) is 0 Å². The van der Waals surface area contributed by atoms with Crippen molar-refractivity contribution in [2.75, 3.05) is 6.26 Å². The molecule has 116 valence electrons. The van der Waals surface area contributed by atoms with E-state index in [1.807, 2.05) is 60.2 Å². The summed E-state index contributed by atoms with van der Waals surface area (Å²) in [5.74, 6) is -0.570. The van der Waals surface area contributed by atoms with Crippen LogP contribution in [0.5, 0.6) is 0 Å². The smallest absolute Gasteiger partial charge is 0.267 e. The minimum atomic E-state index is -3.56. The zero-order valence-electron chi connectivity index (χ0n) is 12.3. The summed E-state index contributed by atoms with van der Waals surface area (Å²) in [6.45, 7) is 1.97. The molecule has 1 amide bonds. The molecule has 1 atom stereocenters. The highest BCUT2D eigenvalue weighted by Gasteiger charge is 2.18. The molecule has 0 bridgehead atoms. The van der Waals surface area contributed by atoms with Gasteiger partial charge in [-0.05, 0) is 22.6 Å². The average molecular weight is 335 g/mol. The zero-order valence-corrected chi connectivity index (χ0v) is 13.9. The molecule has 0 fully saturated rings. The maximum Gasteiger partial charge on any atom is 0.275 e. The van der Waals surface area contributed by atoms with E-state index in [0.29, 0.717) is 4.88 Å². The second-order valence-corrected chi connectivity index (χ2v) is 7.63. The van der Waals surface area contributed by atoms with Crippen molar-refractivity contribution >= 4 is 33.3 Å². The first-order valence-corrected chi connectivity index (χ1v) is 9.46. The standard InChI is InChI=1S/C16H17NO3S2/c1-12(8-9-13-6-4-3-5-7-13)14-10-11-21-15(14)16(18)17-22(2,19)20/h3-12H,1-2H3,(H,17,18)/b9-8+. The molecule has 1 aromatic carbocycles. The van der Waals surface area contributed by atoms with Gasteiger partial charge in [-0.3, -0.25) is 4.79 Å². The summed E-state index contributed by atoms with van der Waals surface area (Å²) in [6, 6.07) is 11.7. The molecule has 1 heterocycles. The number of carbonyl (C=O) groups excluding carboxylic acids is 1. The first-order chi connectivity index (χ1) is 10.4. The van der Waals surface area contributed by atoms with E-state index in [-0.39, 0.29) is 5.92 Å². The number of thiophene rings is 1. The van der Waals surface area contributed by atoms with Crippen molar-refractivity contribution < 1.29 is 13.2 Å². The van der Waals surface area contributed by atoms with Crippen LogP contribution in [-0.4, -0.2) is 20.6 Å². The summed E-state index contributed by atoms with van der Waals surface area (Å²) in [5, 5.41) is 1.79. The summed E-state index contributed by atoms with van der Waals surface area (Å²) in [6.07, 6.45) is 4.95. The molecular weight excluding hydrogens is 318 g/mol. The Hall–Kier alpha value is -1.92. The fourth-order valence-corrected chi connectivity index (χ4v) is 3.40. The van der Waals surface area contributed by atoms with E-state index in [0.717, 1.165) is 17.4 Å². The topological polar surface area (TPSA) is 63.2 Å². The molecule has 1 aromatic heterocycles. The van der Waals surface area contributed by atoms with E-state index in [1.54, 1.807) is 5.38 Å². The Morgan fingerprint density at radius 1 is 1.23 bits per heavy atom. The first kappa shape index (κ1) is 16.5. The van der Waals surface area contributed by atoms with Crippen molar-refractivity contribution in [3.63, 3.8) is 0 Å². The van der Waals surface area contributed by atoms with Crippen LogP contribution in [0.2, 0.25) is 0 Å². The van der Waals surface area contributed by atoms with Crippen molar-refractivity contribution in [3.05, 3.63) is 63.9 Å². The van der Waals surface area contributed by atoms with Crippen molar-refractivity contribution in [3.8, 4) is 0 Å². The Labute approximate surface area is 134 Å². The lowest BCUT2D eigenvalue weighted by Gasteiger charge is -2.08. The molecule has 1 unspecified atom stereocenters. The third-order valence-electron chi connectivity index (χ3n) is 3.05. The number of benzene rings is 1. The highest BCUT2D eigenvalue weighted by atomic mass is 32.2. The van der Waals surface area contributed by atoms with Crippen LogP contribution >= 0.6 is 11.3 Å². The lowest BCUT2D eigenvalue weighted by molar-refractivity contribution is 0.0984. The maximum absolute atomic E-state index is 12.0. The minimum absolute atomic E-state index is 0.00627. The number of rotatable bonds is 5. The van der Waals surface area contributed by atoms with Crippen molar-refractivity contribution in [2.24, 2.45) is 0 Å². The van der Waals surface area contributed by atoms with Crippen LogP contribution in [0.15, 0.2) is 47.9 Å². The van der Waals surface area contributed by atoms with Gasteiger partial charge in [0.05, 0.1) is 11.1 Å². The molecule has 0 spiro atoms. The largest absolute Gasteiger partial charge is 0.275 e. The van der Waals surface area contributed by atoms with Crippen molar-refractivity contribution in [2.45, 2.75) is 12.8 Å². The summed E-state index contributed by atoms with van der Waals surface area (Å²) >= 11 is 1.24. The SMILES string of the molecule is CC(/C=C/c1ccccc1)c1ccsc1C(=O)NS(C)(=O)=O. The zero-order chi connectivity index (χ0) is 16.2. The number of amides is 1. The van der Waals surface area contributed by atoms with Crippen LogP contribution in [0.1, 0.15) is 33.6 Å². The Kier molecular flexibility index (Phi) is 5.15. The Bertz CT molecular complexity index is 777. The van der Waals surface area contributed by atoms with Crippen molar-refractivity contribution in [1.82, 2.24) is 4.72 Å². The lowest BCUT2D eigenvalue weighted by atomic mass is 10.0. The van der Waals surface area contributed by atoms with Gasteiger partial charge in [0.25, 0.3) is 5.91 Å². The van der Waals surface area contributed by atoms with Crippen LogP contribution in [0.4, 0.5) is 0 Å². The molecule has 0 aliphatic rings. The van der Waals surface area contributed by atoms with Gasteiger partial charge in [0.1, 0.15) is 0 Å². The van der Waals surface area contributed by atoms with Crippen LogP contribution in [0.3, 0.4) is 0 Å². The van der Waals surface area contributed by atoms with Crippen LogP contribution in [0.25, 0.3) is 6.08 Å². The average Bonchev–Trinajstić information content (AvgIpc) is 2.93. The first-order valence-electron chi connectivity index (χ1n) is 6.69. The van der Waals surface area contributed by atoms with E-state index < -0.39 is 15.9 Å². The molecule has 6 heteroatoms. The molecule has 2 rings (SSSR count). The minimum Gasteiger partial charge on any atom is -0.267 e. The van der Waals surface area contributed by atoms with Gasteiger partial charge >= 0.3 is 0 Å². The van der Waals surface area contributed by atoms with Gasteiger partial charge < -0.3 is 0 Å². The fourth-order valence-electron chi connectivity index (χ4n) is 2.00. The van der Waals surface area contributed by atoms with Crippen LogP contribution < -0.4 is 4.72 Å². The van der Waals surface area contributed by atoms with Crippen LogP contribution in [-0.2, 0) is 10.0 Å². The normalized spacial score (nSPS) is 13.2. The molecule has 0 aliphatic carbocycles. The molecule has 0 saturated carbocycles. The van der Waals surface area contributed by atoms with Gasteiger partial charge in [0.15, 0.2) is 0 Å². The van der Waals surface area contributed by atoms with E-state index in [2.05, 4.69) is 0 Å². The van der Waals surface area contributed by atoms with Gasteiger partial charge in [0, 0.05) is 5.92 Å². The Balaban J connectivity index is 2.18. The van der Waals surface area contributed by atoms with E-state index in [4.69, 9.17) is 0 Å². The number of hydrogen-bond acceptors (Lipinski definition) is 4. The molecule has 2 aromatic rings. The number of hydrogen-bond donors (Lipinski definition) is 1. The molecule has 0 aliphatic heterocycles. The predicted octanol–water partition coefficient (Wildman–Crippen LogP) is 3.25. The van der Waals surface area contributed by atoms with E-state index in [1.165, 1.54) is 11.3 Å². The Morgan fingerprint density at radius 2 is 1.91 bits per heavy atom. The molecular formula is C16H17NO3S2.